The van der Waals surface area contributed by atoms with Gasteiger partial charge in [-0.15, -0.1) is 0 Å². The Kier molecular flexibility index (Phi) is 6.28. The van der Waals surface area contributed by atoms with Crippen LogP contribution in [0.15, 0.2) is 0 Å². The van der Waals surface area contributed by atoms with Crippen molar-refractivity contribution in [3.63, 3.8) is 0 Å². The highest BCUT2D eigenvalue weighted by Crippen LogP contribution is 2.50. The zero-order valence-corrected chi connectivity index (χ0v) is 12.2. The molecule has 0 aliphatic heterocycles. The van der Waals surface area contributed by atoms with Gasteiger partial charge in [0.1, 0.15) is 0 Å². The smallest absolute Gasteiger partial charge is 0.350 e. The predicted molar refractivity (Wildman–Crippen MR) is 63.4 cm³/mol. The van der Waals surface area contributed by atoms with E-state index >= 15 is 0 Å². The van der Waals surface area contributed by atoms with E-state index in [1.807, 2.05) is 0 Å². The minimum Gasteiger partial charge on any atom is -0.350 e. The van der Waals surface area contributed by atoms with Crippen molar-refractivity contribution in [2.45, 2.75) is 53.1 Å². The first-order valence-electron chi connectivity index (χ1n) is 5.56. The number of hydrogen-bond donors (Lipinski definition) is 1. The van der Waals surface area contributed by atoms with E-state index in [-0.39, 0.29) is 0 Å². The first-order valence-corrected chi connectivity index (χ1v) is 7.05. The van der Waals surface area contributed by atoms with Gasteiger partial charge in [-0.05, 0) is 41.5 Å². The number of rotatable bonds is 8. The maximum atomic E-state index is 11.7. The molecule has 0 fully saturated rings. The minimum absolute atomic E-state index is 0.363. The van der Waals surface area contributed by atoms with E-state index in [1.165, 1.54) is 27.7 Å². The average molecular weight is 270 g/mol. The van der Waals surface area contributed by atoms with Crippen LogP contribution in [-0.2, 0) is 23.1 Å². The van der Waals surface area contributed by atoms with Crippen LogP contribution >= 0.6 is 7.82 Å². The summed E-state index contributed by atoms with van der Waals surface area (Å²) in [5.74, 6) is -2.39. The third-order valence-corrected chi connectivity index (χ3v) is 3.00. The molecule has 0 amide bonds. The molecule has 0 saturated carbocycles. The fourth-order valence-corrected chi connectivity index (χ4v) is 2.58. The lowest BCUT2D eigenvalue weighted by Gasteiger charge is -2.31. The van der Waals surface area contributed by atoms with Gasteiger partial charge in [-0.2, -0.15) is 0 Å². The molecule has 0 spiro atoms. The SMILES string of the molecule is CCOC(C)(C)OP(=O)(O)OC(C)(C)OCC. The molecular weight excluding hydrogens is 247 g/mol. The number of phosphoric ester groups is 1. The molecule has 104 valence electrons. The van der Waals surface area contributed by atoms with Crippen LogP contribution in [-0.4, -0.2) is 29.7 Å². The lowest BCUT2D eigenvalue weighted by molar-refractivity contribution is -0.198. The van der Waals surface area contributed by atoms with Gasteiger partial charge in [-0.1, -0.05) is 0 Å². The van der Waals surface area contributed by atoms with Crippen molar-refractivity contribution in [1.82, 2.24) is 0 Å². The van der Waals surface area contributed by atoms with E-state index in [2.05, 4.69) is 0 Å². The highest BCUT2D eigenvalue weighted by Gasteiger charge is 2.38. The quantitative estimate of drug-likeness (QED) is 0.540. The molecular formula is C10H23O6P. The van der Waals surface area contributed by atoms with E-state index in [9.17, 15) is 9.46 Å². The van der Waals surface area contributed by atoms with Gasteiger partial charge in [0.15, 0.2) is 11.6 Å². The predicted octanol–water partition coefficient (Wildman–Crippen LogP) is 2.67. The normalized spacial score (nSPS) is 14.1. The van der Waals surface area contributed by atoms with Crippen LogP contribution in [0.25, 0.3) is 0 Å². The second kappa shape index (κ2) is 6.27. The van der Waals surface area contributed by atoms with E-state index in [0.717, 1.165) is 0 Å². The number of ether oxygens (including phenoxy) is 2. The van der Waals surface area contributed by atoms with Gasteiger partial charge in [-0.3, -0.25) is 9.05 Å². The van der Waals surface area contributed by atoms with Crippen molar-refractivity contribution in [2.75, 3.05) is 13.2 Å². The molecule has 6 nitrogen and oxygen atoms in total. The zero-order chi connectivity index (χ0) is 13.7. The highest BCUT2D eigenvalue weighted by atomic mass is 31.2. The summed E-state index contributed by atoms with van der Waals surface area (Å²) in [4.78, 5) is 9.59. The van der Waals surface area contributed by atoms with Crippen LogP contribution in [0, 0.1) is 0 Å². The summed E-state index contributed by atoms with van der Waals surface area (Å²) in [6, 6.07) is 0. The molecule has 0 aromatic carbocycles. The molecule has 0 aromatic rings. The third-order valence-electron chi connectivity index (χ3n) is 1.65. The van der Waals surface area contributed by atoms with Crippen molar-refractivity contribution < 1.29 is 28.0 Å². The van der Waals surface area contributed by atoms with E-state index in [1.54, 1.807) is 13.8 Å². The highest BCUT2D eigenvalue weighted by molar-refractivity contribution is 7.47. The van der Waals surface area contributed by atoms with Crippen molar-refractivity contribution >= 4 is 7.82 Å². The monoisotopic (exact) mass is 270 g/mol. The summed E-state index contributed by atoms with van der Waals surface area (Å²) in [6.45, 7) is 10.4. The molecule has 0 aliphatic carbocycles. The van der Waals surface area contributed by atoms with Gasteiger partial charge >= 0.3 is 7.82 Å². The first kappa shape index (κ1) is 17.0. The fraction of sp³-hybridized carbons (Fsp3) is 1.00. The van der Waals surface area contributed by atoms with Gasteiger partial charge in [-0.25, -0.2) is 4.57 Å². The van der Waals surface area contributed by atoms with Gasteiger partial charge < -0.3 is 14.4 Å². The zero-order valence-electron chi connectivity index (χ0n) is 11.3. The van der Waals surface area contributed by atoms with E-state index in [0.29, 0.717) is 13.2 Å². The van der Waals surface area contributed by atoms with Gasteiger partial charge in [0, 0.05) is 13.2 Å². The lowest BCUT2D eigenvalue weighted by atomic mass is 10.4. The molecule has 0 heterocycles. The molecule has 0 aliphatic rings. The Bertz CT molecular complexity index is 252. The Morgan fingerprint density at radius 2 is 1.24 bits per heavy atom. The molecule has 0 atom stereocenters. The van der Waals surface area contributed by atoms with Crippen LogP contribution in [0.4, 0.5) is 0 Å². The lowest BCUT2D eigenvalue weighted by Crippen LogP contribution is -2.31. The standard InChI is InChI=1S/C10H23O6P/c1-7-13-9(3,4)15-17(11,12)16-10(5,6)14-8-2/h7-8H2,1-6H3,(H,11,12). The molecule has 17 heavy (non-hydrogen) atoms. The maximum Gasteiger partial charge on any atom is 0.477 e. The molecule has 1 N–H and O–H groups in total. The molecule has 0 radical (unpaired) electrons. The fourth-order valence-electron chi connectivity index (χ4n) is 1.32. The Morgan fingerprint density at radius 1 is 0.941 bits per heavy atom. The Morgan fingerprint density at radius 3 is 1.47 bits per heavy atom. The van der Waals surface area contributed by atoms with Gasteiger partial charge in [0.25, 0.3) is 0 Å². The number of phosphoric acid groups is 1. The van der Waals surface area contributed by atoms with Crippen LogP contribution in [0.2, 0.25) is 0 Å². The summed E-state index contributed by atoms with van der Waals surface area (Å²) in [7, 11) is -4.24. The summed E-state index contributed by atoms with van der Waals surface area (Å²) in [6.07, 6.45) is 0. The van der Waals surface area contributed by atoms with Crippen LogP contribution < -0.4 is 0 Å². The second-order valence-electron chi connectivity index (χ2n) is 4.32. The summed E-state index contributed by atoms with van der Waals surface area (Å²) in [5.41, 5.74) is 0. The average Bonchev–Trinajstić information content (AvgIpc) is 1.96. The summed E-state index contributed by atoms with van der Waals surface area (Å²) >= 11 is 0. The largest absolute Gasteiger partial charge is 0.477 e. The van der Waals surface area contributed by atoms with E-state index in [4.69, 9.17) is 18.5 Å². The van der Waals surface area contributed by atoms with Crippen molar-refractivity contribution in [3.8, 4) is 0 Å². The van der Waals surface area contributed by atoms with E-state index < -0.39 is 19.4 Å². The summed E-state index contributed by atoms with van der Waals surface area (Å²) in [5, 5.41) is 0. The van der Waals surface area contributed by atoms with Crippen LogP contribution in [0.5, 0.6) is 0 Å². The topological polar surface area (TPSA) is 74.2 Å². The Hall–Kier alpha value is 0.0300. The summed E-state index contributed by atoms with van der Waals surface area (Å²) < 4.78 is 31.9. The second-order valence-corrected chi connectivity index (χ2v) is 5.62. The first-order chi connectivity index (χ1) is 7.54. The van der Waals surface area contributed by atoms with Crippen LogP contribution in [0.3, 0.4) is 0 Å². The van der Waals surface area contributed by atoms with Crippen molar-refractivity contribution in [1.29, 1.82) is 0 Å². The van der Waals surface area contributed by atoms with Gasteiger partial charge in [0.2, 0.25) is 0 Å². The Labute approximate surface area is 103 Å². The third kappa shape index (κ3) is 7.86. The maximum absolute atomic E-state index is 11.7. The van der Waals surface area contributed by atoms with Gasteiger partial charge in [0.05, 0.1) is 0 Å². The molecule has 0 aromatic heterocycles. The number of hydrogen-bond acceptors (Lipinski definition) is 5. The van der Waals surface area contributed by atoms with Crippen LogP contribution in [0.1, 0.15) is 41.5 Å². The molecule has 0 unspecified atom stereocenters. The minimum atomic E-state index is -4.24. The molecule has 0 saturated heterocycles. The molecule has 7 heteroatoms. The molecule has 0 bridgehead atoms. The molecule has 0 rings (SSSR count). The van der Waals surface area contributed by atoms with Crippen molar-refractivity contribution in [3.05, 3.63) is 0 Å². The Balaban J connectivity index is 4.53. The van der Waals surface area contributed by atoms with Crippen molar-refractivity contribution in [2.24, 2.45) is 0 Å².